The van der Waals surface area contributed by atoms with Gasteiger partial charge in [0.05, 0.1) is 48.8 Å². The zero-order chi connectivity index (χ0) is 55.4. The highest BCUT2D eigenvalue weighted by atomic mass is 32.1. The van der Waals surface area contributed by atoms with Gasteiger partial charge in [-0.15, -0.1) is 56.7 Å². The lowest BCUT2D eigenvalue weighted by Gasteiger charge is -2.06. The van der Waals surface area contributed by atoms with Crippen LogP contribution in [0, 0.1) is 47.4 Å². The Labute approximate surface area is 488 Å². The fourth-order valence-corrected chi connectivity index (χ4v) is 15.6. The van der Waals surface area contributed by atoms with Gasteiger partial charge in [0.2, 0.25) is 0 Å². The molecule has 0 fully saturated rings. The molecule has 414 valence electrons. The largest absolute Gasteiger partial charge is 0.297 e. The van der Waals surface area contributed by atoms with Crippen molar-refractivity contribution >= 4 is 69.3 Å². The Morgan fingerprint density at radius 3 is 0.532 bits per heavy atom. The van der Waals surface area contributed by atoms with Crippen molar-refractivity contribution < 1.29 is 9.59 Å². The van der Waals surface area contributed by atoms with Crippen molar-refractivity contribution in [3.05, 3.63) is 104 Å². The Morgan fingerprint density at radius 1 is 0.234 bits per heavy atom. The Hall–Kier alpha value is -3.92. The topological polar surface area (TPSA) is 34.1 Å². The summed E-state index contributed by atoms with van der Waals surface area (Å²) in [4.78, 5) is 35.8. The summed E-state index contributed by atoms with van der Waals surface area (Å²) in [5, 5.41) is 0. The summed E-state index contributed by atoms with van der Waals surface area (Å²) in [5.41, 5.74) is 13.5. The van der Waals surface area contributed by atoms with E-state index >= 15 is 0 Å². The second-order valence-corrected chi connectivity index (χ2v) is 26.1. The summed E-state index contributed by atoms with van der Waals surface area (Å²) in [6, 6.07) is 0. The lowest BCUT2D eigenvalue weighted by Crippen LogP contribution is -1.96. The molecule has 5 aromatic heterocycles. The molecule has 0 saturated carbocycles. The number of hydrogen-bond acceptors (Lipinski definition) is 7. The van der Waals surface area contributed by atoms with E-state index in [1.165, 1.54) is 75.1 Å². The van der Waals surface area contributed by atoms with E-state index in [1.807, 2.05) is 11.3 Å². The zero-order valence-corrected chi connectivity index (χ0v) is 53.3. The lowest BCUT2D eigenvalue weighted by molar-refractivity contribution is 0.111. The standard InChI is InChI=1S/C70H92O2S5/c1-11-21-31-51-52(32-22-12-2)62(42-44-64-54(34-24-14-4)56(36-26-16-6)66(75-64)46-48-68-58(38-28-18-8)60(40-30-20-10)70(50-72)77-68)73-61(51)41-43-63-53(33-23-13-3)55(35-25-15-5)65(74-63)45-47-67-57(37-27-17-7)59(39-29-19-9)69(49-71)76-67/h49-50H,11-40H2,1-10H3. The summed E-state index contributed by atoms with van der Waals surface area (Å²) < 4.78 is 0. The van der Waals surface area contributed by atoms with Crippen molar-refractivity contribution in [1.29, 1.82) is 0 Å². The van der Waals surface area contributed by atoms with E-state index in [2.05, 4.69) is 117 Å². The predicted molar refractivity (Wildman–Crippen MR) is 342 cm³/mol. The molecule has 7 heteroatoms. The minimum Gasteiger partial charge on any atom is -0.297 e. The summed E-state index contributed by atoms with van der Waals surface area (Å²) in [6.45, 7) is 22.7. The molecule has 0 aliphatic heterocycles. The van der Waals surface area contributed by atoms with Gasteiger partial charge in [0.1, 0.15) is 0 Å². The van der Waals surface area contributed by atoms with Crippen LogP contribution in [0.2, 0.25) is 0 Å². The van der Waals surface area contributed by atoms with E-state index < -0.39 is 0 Å². The monoisotopic (exact) mass is 1120 g/mol. The quantitative estimate of drug-likeness (QED) is 0.0318. The first-order valence-electron chi connectivity index (χ1n) is 30.4. The van der Waals surface area contributed by atoms with Crippen LogP contribution < -0.4 is 0 Å². The third-order valence-corrected chi connectivity index (χ3v) is 20.4. The van der Waals surface area contributed by atoms with Gasteiger partial charge in [0, 0.05) is 0 Å². The van der Waals surface area contributed by atoms with E-state index in [-0.39, 0.29) is 0 Å². The Bertz CT molecular complexity index is 2710. The maximum Gasteiger partial charge on any atom is 0.160 e. The maximum absolute atomic E-state index is 12.4. The average Bonchev–Trinajstić information content (AvgIpc) is 4.24. The predicted octanol–water partition coefficient (Wildman–Crippen LogP) is 20.6. The van der Waals surface area contributed by atoms with Gasteiger partial charge in [-0.05, 0) is 231 Å². The number of carbonyl (C=O) groups is 2. The SMILES string of the molecule is CCCCc1c(C#Cc2sc(C#Cc3sc(C=O)c(CCCC)c3CCCC)c(CCCC)c2CCCC)sc(C#Cc2sc(C#Cc3sc(C=O)c(CCCC)c3CCCC)c(CCCC)c2CCCC)c1CCCC. The molecule has 77 heavy (non-hydrogen) atoms. The zero-order valence-electron chi connectivity index (χ0n) is 49.2. The molecule has 0 N–H and O–H groups in total. The molecule has 5 heterocycles. The van der Waals surface area contributed by atoms with Crippen LogP contribution in [-0.2, 0) is 64.2 Å². The number of aldehydes is 2. The van der Waals surface area contributed by atoms with Crippen molar-refractivity contribution in [3.63, 3.8) is 0 Å². The van der Waals surface area contributed by atoms with Crippen molar-refractivity contribution in [2.45, 2.75) is 262 Å². The van der Waals surface area contributed by atoms with Crippen molar-refractivity contribution in [1.82, 2.24) is 0 Å². The Morgan fingerprint density at radius 2 is 0.377 bits per heavy atom. The third kappa shape index (κ3) is 18.0. The van der Waals surface area contributed by atoms with Gasteiger partial charge in [0.25, 0.3) is 0 Å². The molecule has 0 aliphatic rings. The first-order valence-corrected chi connectivity index (χ1v) is 34.5. The lowest BCUT2D eigenvalue weighted by atomic mass is 9.97. The minimum absolute atomic E-state index is 0.870. The van der Waals surface area contributed by atoms with Crippen LogP contribution >= 0.6 is 56.7 Å². The number of thiophene rings is 5. The number of rotatable bonds is 32. The van der Waals surface area contributed by atoms with Crippen molar-refractivity contribution in [2.24, 2.45) is 0 Å². The van der Waals surface area contributed by atoms with Gasteiger partial charge in [0.15, 0.2) is 12.6 Å². The molecule has 2 nitrogen and oxygen atoms in total. The normalized spacial score (nSPS) is 10.9. The Kier molecular flexibility index (Phi) is 29.6. The number of carbonyl (C=O) groups excluding carboxylic acids is 2. The third-order valence-electron chi connectivity index (χ3n) is 14.8. The van der Waals surface area contributed by atoms with Crippen LogP contribution in [-0.4, -0.2) is 12.6 Å². The minimum atomic E-state index is 0.870. The summed E-state index contributed by atoms with van der Waals surface area (Å²) in [5.74, 6) is 30.3. The molecule has 0 amide bonds. The molecule has 5 aromatic rings. The smallest absolute Gasteiger partial charge is 0.160 e. The fourth-order valence-electron chi connectivity index (χ4n) is 10.2. The van der Waals surface area contributed by atoms with E-state index in [9.17, 15) is 9.59 Å². The van der Waals surface area contributed by atoms with Gasteiger partial charge in [-0.3, -0.25) is 9.59 Å². The van der Waals surface area contributed by atoms with Crippen LogP contribution in [0.25, 0.3) is 0 Å². The molecular weight excluding hydrogens is 1030 g/mol. The number of unbranched alkanes of at least 4 members (excludes halogenated alkanes) is 10. The molecule has 0 aliphatic carbocycles. The first-order chi connectivity index (χ1) is 37.7. The fraction of sp³-hybridized carbons (Fsp3) is 0.571. The first kappa shape index (κ1) is 63.9. The van der Waals surface area contributed by atoms with Crippen LogP contribution in [0.1, 0.15) is 312 Å². The molecule has 0 spiro atoms. The molecule has 0 unspecified atom stereocenters. The van der Waals surface area contributed by atoms with E-state index in [1.54, 1.807) is 45.3 Å². The highest BCUT2D eigenvalue weighted by molar-refractivity contribution is 7.15. The van der Waals surface area contributed by atoms with Crippen LogP contribution in [0.4, 0.5) is 0 Å². The van der Waals surface area contributed by atoms with Gasteiger partial charge in [-0.1, -0.05) is 133 Å². The van der Waals surface area contributed by atoms with Crippen LogP contribution in [0.5, 0.6) is 0 Å². The van der Waals surface area contributed by atoms with Crippen LogP contribution in [0.15, 0.2) is 0 Å². The number of hydrogen-bond donors (Lipinski definition) is 0. The summed E-state index contributed by atoms with van der Waals surface area (Å²) >= 11 is 8.66. The summed E-state index contributed by atoms with van der Waals surface area (Å²) in [6.07, 6.45) is 34.5. The summed E-state index contributed by atoms with van der Waals surface area (Å²) in [7, 11) is 0. The van der Waals surface area contributed by atoms with Gasteiger partial charge < -0.3 is 0 Å². The maximum atomic E-state index is 12.4. The highest BCUT2D eigenvalue weighted by Crippen LogP contribution is 2.37. The molecule has 0 atom stereocenters. The molecule has 0 aromatic carbocycles. The Balaban J connectivity index is 1.69. The molecule has 0 bridgehead atoms. The van der Waals surface area contributed by atoms with E-state index in [0.29, 0.717) is 0 Å². The second-order valence-electron chi connectivity index (χ2n) is 20.9. The molecule has 0 saturated heterocycles. The molecule has 0 radical (unpaired) electrons. The van der Waals surface area contributed by atoms with Crippen LogP contribution in [0.3, 0.4) is 0 Å². The molecule has 5 rings (SSSR count). The van der Waals surface area contributed by atoms with E-state index in [4.69, 9.17) is 0 Å². The molecular formula is C70H92O2S5. The van der Waals surface area contributed by atoms with Crippen molar-refractivity contribution in [3.8, 4) is 47.4 Å². The van der Waals surface area contributed by atoms with Gasteiger partial charge >= 0.3 is 0 Å². The average molecular weight is 1130 g/mol. The van der Waals surface area contributed by atoms with Gasteiger partial charge in [-0.25, -0.2) is 0 Å². The van der Waals surface area contributed by atoms with Crippen molar-refractivity contribution in [2.75, 3.05) is 0 Å². The second kappa shape index (κ2) is 35.6. The van der Waals surface area contributed by atoms with Gasteiger partial charge in [-0.2, -0.15) is 0 Å². The van der Waals surface area contributed by atoms with E-state index in [0.717, 1.165) is 234 Å². The highest BCUT2D eigenvalue weighted by Gasteiger charge is 2.22.